The molecule has 0 bridgehead atoms. The number of pyridine rings is 1. The van der Waals surface area contributed by atoms with Crippen molar-refractivity contribution in [3.8, 4) is 17.0 Å². The number of amides is 1. The third kappa shape index (κ3) is 3.78. The number of hydrogen-bond acceptors (Lipinski definition) is 5. The molecule has 0 saturated carbocycles. The van der Waals surface area contributed by atoms with Crippen LogP contribution >= 0.6 is 11.3 Å². The third-order valence-corrected chi connectivity index (χ3v) is 6.14. The molecule has 1 fully saturated rings. The Bertz CT molecular complexity index is 968. The van der Waals surface area contributed by atoms with E-state index in [4.69, 9.17) is 9.72 Å². The molecule has 1 aromatic carbocycles. The number of rotatable bonds is 4. The van der Waals surface area contributed by atoms with Crippen molar-refractivity contribution in [2.75, 3.05) is 20.2 Å². The Morgan fingerprint density at radius 3 is 2.75 bits per heavy atom. The second-order valence-electron chi connectivity index (χ2n) is 7.03. The summed E-state index contributed by atoms with van der Waals surface area (Å²) in [7, 11) is 1.66. The third-order valence-electron chi connectivity index (χ3n) is 5.22. The number of carbonyl (C=O) groups is 1. The number of carbonyl (C=O) groups excluding carboxylic acids is 1. The zero-order chi connectivity index (χ0) is 19.5. The molecule has 0 spiro atoms. The minimum Gasteiger partial charge on any atom is -0.497 e. The molecule has 3 aromatic rings. The van der Waals surface area contributed by atoms with Crippen LogP contribution < -0.4 is 4.74 Å². The van der Waals surface area contributed by atoms with Crippen molar-refractivity contribution in [3.63, 3.8) is 0 Å². The molecule has 1 atom stereocenters. The first kappa shape index (κ1) is 18.6. The Balaban J connectivity index is 1.53. The van der Waals surface area contributed by atoms with Crippen LogP contribution in [0.3, 0.4) is 0 Å². The van der Waals surface area contributed by atoms with E-state index in [1.807, 2.05) is 42.2 Å². The van der Waals surface area contributed by atoms with E-state index in [1.54, 1.807) is 12.6 Å². The van der Waals surface area contributed by atoms with Crippen molar-refractivity contribution in [1.29, 1.82) is 0 Å². The van der Waals surface area contributed by atoms with Crippen LogP contribution in [-0.4, -0.2) is 41.0 Å². The SMILES string of the molecule is COc1ccc(-c2cccc(C3CCCN(C(=O)c4scnc4C)C3)n2)cc1. The first-order valence-corrected chi connectivity index (χ1v) is 10.3. The fraction of sp³-hybridized carbons (Fsp3) is 0.318. The van der Waals surface area contributed by atoms with Crippen LogP contribution in [0.1, 0.15) is 39.8 Å². The highest BCUT2D eigenvalue weighted by molar-refractivity contribution is 7.11. The molecule has 3 heterocycles. The van der Waals surface area contributed by atoms with E-state index in [2.05, 4.69) is 17.1 Å². The number of piperidine rings is 1. The molecule has 28 heavy (non-hydrogen) atoms. The zero-order valence-electron chi connectivity index (χ0n) is 16.1. The standard InChI is InChI=1S/C22H23N3O2S/c1-15-21(28-14-23-15)22(26)25-12-4-5-17(13-25)20-7-3-6-19(24-20)16-8-10-18(27-2)11-9-16/h3,6-11,14,17H,4-5,12-13H2,1-2H3. The Morgan fingerprint density at radius 1 is 1.21 bits per heavy atom. The molecule has 0 aliphatic carbocycles. The lowest BCUT2D eigenvalue weighted by Crippen LogP contribution is -2.39. The van der Waals surface area contributed by atoms with Gasteiger partial charge in [-0.2, -0.15) is 0 Å². The molecule has 6 heteroatoms. The van der Waals surface area contributed by atoms with E-state index in [0.29, 0.717) is 6.54 Å². The predicted octanol–water partition coefficient (Wildman–Crippen LogP) is 4.54. The van der Waals surface area contributed by atoms with Crippen LogP contribution in [0.25, 0.3) is 11.3 Å². The van der Waals surface area contributed by atoms with Crippen LogP contribution in [0, 0.1) is 6.92 Å². The van der Waals surface area contributed by atoms with Crippen LogP contribution in [0.4, 0.5) is 0 Å². The number of nitrogens with zero attached hydrogens (tertiary/aromatic N) is 3. The van der Waals surface area contributed by atoms with Gasteiger partial charge in [0, 0.05) is 30.3 Å². The fourth-order valence-corrected chi connectivity index (χ4v) is 4.42. The highest BCUT2D eigenvalue weighted by Crippen LogP contribution is 2.29. The van der Waals surface area contributed by atoms with Gasteiger partial charge in [0.15, 0.2) is 0 Å². The lowest BCUT2D eigenvalue weighted by molar-refractivity contribution is 0.0710. The van der Waals surface area contributed by atoms with Crippen molar-refractivity contribution in [2.24, 2.45) is 0 Å². The van der Waals surface area contributed by atoms with Gasteiger partial charge in [0.2, 0.25) is 0 Å². The molecule has 5 nitrogen and oxygen atoms in total. The van der Waals surface area contributed by atoms with Gasteiger partial charge in [-0.1, -0.05) is 6.07 Å². The van der Waals surface area contributed by atoms with Gasteiger partial charge in [-0.3, -0.25) is 9.78 Å². The first-order chi connectivity index (χ1) is 13.7. The molecule has 0 radical (unpaired) electrons. The first-order valence-electron chi connectivity index (χ1n) is 9.46. The summed E-state index contributed by atoms with van der Waals surface area (Å²) in [6.07, 6.45) is 2.03. The van der Waals surface area contributed by atoms with Crippen molar-refractivity contribution >= 4 is 17.2 Å². The van der Waals surface area contributed by atoms with Gasteiger partial charge in [-0.05, 0) is 56.2 Å². The summed E-state index contributed by atoms with van der Waals surface area (Å²) < 4.78 is 5.24. The Kier molecular flexibility index (Phi) is 5.39. The Labute approximate surface area is 169 Å². The minimum absolute atomic E-state index is 0.0935. The largest absolute Gasteiger partial charge is 0.497 e. The molecule has 4 rings (SSSR count). The van der Waals surface area contributed by atoms with Gasteiger partial charge in [0.1, 0.15) is 10.6 Å². The van der Waals surface area contributed by atoms with E-state index in [1.165, 1.54) is 11.3 Å². The summed E-state index contributed by atoms with van der Waals surface area (Å²) >= 11 is 1.42. The summed E-state index contributed by atoms with van der Waals surface area (Å²) in [5.41, 5.74) is 5.61. The maximum absolute atomic E-state index is 12.9. The number of aryl methyl sites for hydroxylation is 1. The number of thiazole rings is 1. The summed E-state index contributed by atoms with van der Waals surface area (Å²) in [6, 6.07) is 14.1. The molecule has 1 amide bonds. The normalized spacial score (nSPS) is 16.8. The van der Waals surface area contributed by atoms with Gasteiger partial charge in [0.25, 0.3) is 5.91 Å². The molecule has 144 valence electrons. The second-order valence-corrected chi connectivity index (χ2v) is 7.89. The van der Waals surface area contributed by atoms with E-state index < -0.39 is 0 Å². The Morgan fingerprint density at radius 2 is 2.04 bits per heavy atom. The van der Waals surface area contributed by atoms with Gasteiger partial charge >= 0.3 is 0 Å². The number of ether oxygens (including phenoxy) is 1. The Hall–Kier alpha value is -2.73. The summed E-state index contributed by atoms with van der Waals surface area (Å²) in [4.78, 5) is 24.7. The quantitative estimate of drug-likeness (QED) is 0.653. The maximum Gasteiger partial charge on any atom is 0.265 e. The molecular weight excluding hydrogens is 370 g/mol. The fourth-order valence-electron chi connectivity index (χ4n) is 3.66. The lowest BCUT2D eigenvalue weighted by Gasteiger charge is -2.32. The summed E-state index contributed by atoms with van der Waals surface area (Å²) in [5, 5.41) is 0. The molecule has 1 aliphatic rings. The van der Waals surface area contributed by atoms with Crippen molar-refractivity contribution in [3.05, 3.63) is 64.2 Å². The molecule has 1 saturated heterocycles. The van der Waals surface area contributed by atoms with Gasteiger partial charge in [0.05, 0.1) is 24.0 Å². The van der Waals surface area contributed by atoms with E-state index >= 15 is 0 Å². The van der Waals surface area contributed by atoms with E-state index in [0.717, 1.165) is 52.7 Å². The van der Waals surface area contributed by atoms with Crippen molar-refractivity contribution < 1.29 is 9.53 Å². The zero-order valence-corrected chi connectivity index (χ0v) is 16.9. The number of benzene rings is 1. The number of likely N-dealkylation sites (tertiary alicyclic amines) is 1. The van der Waals surface area contributed by atoms with Crippen LogP contribution in [-0.2, 0) is 0 Å². The van der Waals surface area contributed by atoms with Crippen LogP contribution in [0.15, 0.2) is 48.0 Å². The average Bonchev–Trinajstić information content (AvgIpc) is 3.19. The molecular formula is C22H23N3O2S. The van der Waals surface area contributed by atoms with Gasteiger partial charge < -0.3 is 9.64 Å². The summed E-state index contributed by atoms with van der Waals surface area (Å²) in [6.45, 7) is 3.39. The molecule has 1 unspecified atom stereocenters. The van der Waals surface area contributed by atoms with E-state index in [-0.39, 0.29) is 11.8 Å². The number of methoxy groups -OCH3 is 1. The number of hydrogen-bond donors (Lipinski definition) is 0. The number of aromatic nitrogens is 2. The monoisotopic (exact) mass is 393 g/mol. The second kappa shape index (κ2) is 8.10. The molecule has 0 N–H and O–H groups in total. The topological polar surface area (TPSA) is 55.3 Å². The summed E-state index contributed by atoms with van der Waals surface area (Å²) in [5.74, 6) is 1.18. The van der Waals surface area contributed by atoms with E-state index in [9.17, 15) is 4.79 Å². The average molecular weight is 394 g/mol. The predicted molar refractivity (Wildman–Crippen MR) is 111 cm³/mol. The minimum atomic E-state index is 0.0935. The highest BCUT2D eigenvalue weighted by atomic mass is 32.1. The smallest absolute Gasteiger partial charge is 0.265 e. The van der Waals surface area contributed by atoms with Crippen LogP contribution in [0.5, 0.6) is 5.75 Å². The van der Waals surface area contributed by atoms with Crippen molar-refractivity contribution in [2.45, 2.75) is 25.7 Å². The molecule has 1 aliphatic heterocycles. The van der Waals surface area contributed by atoms with Crippen LogP contribution in [0.2, 0.25) is 0 Å². The molecule has 2 aromatic heterocycles. The van der Waals surface area contributed by atoms with Crippen molar-refractivity contribution in [1.82, 2.24) is 14.9 Å². The van der Waals surface area contributed by atoms with Gasteiger partial charge in [-0.15, -0.1) is 11.3 Å². The van der Waals surface area contributed by atoms with Gasteiger partial charge in [-0.25, -0.2) is 4.98 Å². The maximum atomic E-state index is 12.9. The lowest BCUT2D eigenvalue weighted by atomic mass is 9.93. The highest BCUT2D eigenvalue weighted by Gasteiger charge is 2.28.